The van der Waals surface area contributed by atoms with E-state index in [2.05, 4.69) is 10.3 Å². The number of nitrogens with one attached hydrogen (secondary N) is 1. The molecule has 0 aliphatic heterocycles. The molecule has 1 N–H and O–H groups in total. The van der Waals surface area contributed by atoms with Crippen LogP contribution in [-0.2, 0) is 16.1 Å². The van der Waals surface area contributed by atoms with Crippen molar-refractivity contribution >= 4 is 23.2 Å². The minimum atomic E-state index is -0.895. The van der Waals surface area contributed by atoms with Gasteiger partial charge in [-0.25, -0.2) is 9.78 Å². The number of thiazole rings is 1. The first-order valence-electron chi connectivity index (χ1n) is 8.17. The summed E-state index contributed by atoms with van der Waals surface area (Å²) < 4.78 is 5.23. The lowest BCUT2D eigenvalue weighted by Gasteiger charge is -2.12. The minimum absolute atomic E-state index is 0.205. The average molecular weight is 366 g/mol. The lowest BCUT2D eigenvalue weighted by atomic mass is 10.2. The fraction of sp³-hybridized carbons (Fsp3) is 0.150. The molecule has 0 bridgehead atoms. The predicted octanol–water partition coefficient (Wildman–Crippen LogP) is 3.67. The van der Waals surface area contributed by atoms with Gasteiger partial charge in [0, 0.05) is 17.5 Å². The Hall–Kier alpha value is -2.99. The lowest BCUT2D eigenvalue weighted by molar-refractivity contribution is -0.129. The van der Waals surface area contributed by atoms with Crippen molar-refractivity contribution in [3.05, 3.63) is 77.3 Å². The van der Waals surface area contributed by atoms with Gasteiger partial charge in [-0.05, 0) is 12.5 Å². The lowest BCUT2D eigenvalue weighted by Crippen LogP contribution is -2.35. The molecule has 6 heteroatoms. The van der Waals surface area contributed by atoms with Gasteiger partial charge >= 0.3 is 5.97 Å². The first-order chi connectivity index (χ1) is 12.6. The van der Waals surface area contributed by atoms with Gasteiger partial charge in [0.2, 0.25) is 0 Å². The Morgan fingerprint density at radius 1 is 1.08 bits per heavy atom. The van der Waals surface area contributed by atoms with Crippen LogP contribution >= 0.6 is 11.3 Å². The van der Waals surface area contributed by atoms with Crippen molar-refractivity contribution in [3.63, 3.8) is 0 Å². The van der Waals surface area contributed by atoms with E-state index in [0.717, 1.165) is 16.1 Å². The van der Waals surface area contributed by atoms with Gasteiger partial charge in [0.05, 0.1) is 0 Å². The normalized spacial score (nSPS) is 11.6. The summed E-state index contributed by atoms with van der Waals surface area (Å²) in [6.07, 6.45) is -0.895. The Balaban J connectivity index is 1.55. The molecule has 1 unspecified atom stereocenters. The summed E-state index contributed by atoms with van der Waals surface area (Å²) in [6, 6.07) is 19.1. The number of hydrogen-bond donors (Lipinski definition) is 1. The number of rotatable bonds is 6. The Morgan fingerprint density at radius 2 is 1.73 bits per heavy atom. The van der Waals surface area contributed by atoms with Crippen molar-refractivity contribution in [1.82, 2.24) is 10.3 Å². The predicted molar refractivity (Wildman–Crippen MR) is 101 cm³/mol. The molecular formula is C20H18N2O3S. The summed E-state index contributed by atoms with van der Waals surface area (Å²) in [7, 11) is 0. The molecule has 3 rings (SSSR count). The molecule has 3 aromatic rings. The van der Waals surface area contributed by atoms with Crippen molar-refractivity contribution in [2.24, 2.45) is 0 Å². The van der Waals surface area contributed by atoms with Crippen LogP contribution in [0.15, 0.2) is 66.0 Å². The largest absolute Gasteiger partial charge is 0.448 e. The second-order valence-corrected chi connectivity index (χ2v) is 6.51. The molecule has 0 saturated carbocycles. The third-order valence-corrected chi connectivity index (χ3v) is 4.59. The van der Waals surface area contributed by atoms with Gasteiger partial charge in [-0.2, -0.15) is 0 Å². The maximum absolute atomic E-state index is 12.2. The van der Waals surface area contributed by atoms with Crippen molar-refractivity contribution < 1.29 is 14.3 Å². The van der Waals surface area contributed by atoms with Crippen LogP contribution < -0.4 is 5.32 Å². The van der Waals surface area contributed by atoms with E-state index in [1.165, 1.54) is 11.3 Å². The number of amides is 1. The molecule has 1 heterocycles. The summed E-state index contributed by atoms with van der Waals surface area (Å²) in [5.41, 5.74) is 2.12. The van der Waals surface area contributed by atoms with E-state index in [9.17, 15) is 9.59 Å². The van der Waals surface area contributed by atoms with Gasteiger partial charge in [0.15, 0.2) is 11.8 Å². The second kappa shape index (κ2) is 8.40. The molecule has 0 aliphatic carbocycles. The molecule has 1 amide bonds. The number of esters is 1. The molecule has 0 radical (unpaired) electrons. The first-order valence-corrected chi connectivity index (χ1v) is 9.05. The van der Waals surface area contributed by atoms with Crippen LogP contribution in [0.1, 0.15) is 23.0 Å². The zero-order valence-electron chi connectivity index (χ0n) is 14.2. The zero-order chi connectivity index (χ0) is 18.4. The SMILES string of the molecule is CC(OC(=O)c1csc(-c2ccccc2)n1)C(=O)NCc1ccccc1. The standard InChI is InChI=1S/C20H18N2O3S/c1-14(18(23)21-12-15-8-4-2-5-9-15)25-20(24)17-13-26-19(22-17)16-10-6-3-7-11-16/h2-11,13-14H,12H2,1H3,(H,21,23). The molecular weight excluding hydrogens is 348 g/mol. The monoisotopic (exact) mass is 366 g/mol. The average Bonchev–Trinajstić information content (AvgIpc) is 3.18. The van der Waals surface area contributed by atoms with Crippen molar-refractivity contribution in [3.8, 4) is 10.6 Å². The van der Waals surface area contributed by atoms with Crippen molar-refractivity contribution in [2.75, 3.05) is 0 Å². The molecule has 132 valence electrons. The molecule has 1 atom stereocenters. The molecule has 0 spiro atoms. The highest BCUT2D eigenvalue weighted by Crippen LogP contribution is 2.23. The van der Waals surface area contributed by atoms with Gasteiger partial charge in [0.1, 0.15) is 5.01 Å². The summed E-state index contributed by atoms with van der Waals surface area (Å²) >= 11 is 1.36. The highest BCUT2D eigenvalue weighted by atomic mass is 32.1. The third kappa shape index (κ3) is 4.55. The van der Waals surface area contributed by atoms with E-state index in [4.69, 9.17) is 4.74 Å². The summed E-state index contributed by atoms with van der Waals surface area (Å²) in [5.74, 6) is -0.952. The highest BCUT2D eigenvalue weighted by molar-refractivity contribution is 7.13. The van der Waals surface area contributed by atoms with Gasteiger partial charge < -0.3 is 10.1 Å². The molecule has 0 saturated heterocycles. The van der Waals surface area contributed by atoms with E-state index in [1.54, 1.807) is 12.3 Å². The molecule has 5 nitrogen and oxygen atoms in total. The van der Waals surface area contributed by atoms with Crippen LogP contribution in [0.5, 0.6) is 0 Å². The fourth-order valence-electron chi connectivity index (χ4n) is 2.28. The van der Waals surface area contributed by atoms with E-state index in [0.29, 0.717) is 6.54 Å². The van der Waals surface area contributed by atoms with Crippen LogP contribution in [0, 0.1) is 0 Å². The van der Waals surface area contributed by atoms with E-state index in [-0.39, 0.29) is 11.6 Å². The van der Waals surface area contributed by atoms with Gasteiger partial charge in [0.25, 0.3) is 5.91 Å². The van der Waals surface area contributed by atoms with Gasteiger partial charge in [-0.3, -0.25) is 4.79 Å². The Kier molecular flexibility index (Phi) is 5.76. The number of carbonyl (C=O) groups excluding carboxylic acids is 2. The summed E-state index contributed by atoms with van der Waals surface area (Å²) in [6.45, 7) is 1.93. The van der Waals surface area contributed by atoms with Crippen LogP contribution in [0.2, 0.25) is 0 Å². The first kappa shape index (κ1) is 17.8. The molecule has 26 heavy (non-hydrogen) atoms. The van der Waals surface area contributed by atoms with Crippen LogP contribution in [0.4, 0.5) is 0 Å². The van der Waals surface area contributed by atoms with Crippen LogP contribution in [-0.4, -0.2) is 23.0 Å². The van der Waals surface area contributed by atoms with E-state index >= 15 is 0 Å². The number of carbonyl (C=O) groups is 2. The van der Waals surface area contributed by atoms with Gasteiger partial charge in [-0.15, -0.1) is 11.3 Å². The minimum Gasteiger partial charge on any atom is -0.448 e. The Bertz CT molecular complexity index is 878. The Morgan fingerprint density at radius 3 is 2.42 bits per heavy atom. The summed E-state index contributed by atoms with van der Waals surface area (Å²) in [4.78, 5) is 28.6. The third-order valence-electron chi connectivity index (χ3n) is 3.70. The molecule has 1 aromatic heterocycles. The van der Waals surface area contributed by atoms with E-state index in [1.807, 2.05) is 60.7 Å². The van der Waals surface area contributed by atoms with Crippen LogP contribution in [0.25, 0.3) is 10.6 Å². The maximum Gasteiger partial charge on any atom is 0.358 e. The number of ether oxygens (including phenoxy) is 1. The number of benzene rings is 2. The number of hydrogen-bond acceptors (Lipinski definition) is 5. The molecule has 2 aromatic carbocycles. The van der Waals surface area contributed by atoms with Crippen LogP contribution in [0.3, 0.4) is 0 Å². The maximum atomic E-state index is 12.2. The highest BCUT2D eigenvalue weighted by Gasteiger charge is 2.20. The Labute approximate surface area is 155 Å². The topological polar surface area (TPSA) is 68.3 Å². The zero-order valence-corrected chi connectivity index (χ0v) is 15.0. The number of aromatic nitrogens is 1. The van der Waals surface area contributed by atoms with Crippen molar-refractivity contribution in [2.45, 2.75) is 19.6 Å². The second-order valence-electron chi connectivity index (χ2n) is 5.65. The molecule has 0 fully saturated rings. The van der Waals surface area contributed by atoms with E-state index < -0.39 is 12.1 Å². The van der Waals surface area contributed by atoms with Crippen molar-refractivity contribution in [1.29, 1.82) is 0 Å². The fourth-order valence-corrected chi connectivity index (χ4v) is 3.08. The number of nitrogens with zero attached hydrogens (tertiary/aromatic N) is 1. The summed E-state index contributed by atoms with van der Waals surface area (Å²) in [5, 5.41) is 5.13. The molecule has 0 aliphatic rings. The quantitative estimate of drug-likeness (QED) is 0.676. The smallest absolute Gasteiger partial charge is 0.358 e. The van der Waals surface area contributed by atoms with Gasteiger partial charge in [-0.1, -0.05) is 60.7 Å².